The van der Waals surface area contributed by atoms with Gasteiger partial charge in [0.1, 0.15) is 6.10 Å². The lowest BCUT2D eigenvalue weighted by Gasteiger charge is -2.41. The van der Waals surface area contributed by atoms with Crippen molar-refractivity contribution in [2.75, 3.05) is 31.1 Å². The molecule has 2 unspecified atom stereocenters. The van der Waals surface area contributed by atoms with Gasteiger partial charge in [-0.05, 0) is 50.0 Å². The zero-order valence-corrected chi connectivity index (χ0v) is 19.4. The highest BCUT2D eigenvalue weighted by Gasteiger charge is 2.33. The second-order valence-electron chi connectivity index (χ2n) is 7.44. The highest BCUT2D eigenvalue weighted by atomic mass is 35.5. The van der Waals surface area contributed by atoms with Gasteiger partial charge in [0.15, 0.2) is 11.6 Å². The van der Waals surface area contributed by atoms with Crippen LogP contribution in [0.3, 0.4) is 0 Å². The molecule has 2 atom stereocenters. The van der Waals surface area contributed by atoms with Gasteiger partial charge in [0.25, 0.3) is 0 Å². The first-order valence-electron chi connectivity index (χ1n) is 10.0. The molecule has 1 fully saturated rings. The SMILES string of the molecule is CCCC1CN(C(CN2CCCC2)c2ccccc2)c2ncccc2O1.Cl.Cl.Cl. The van der Waals surface area contributed by atoms with Crippen LogP contribution in [0.1, 0.15) is 44.2 Å². The maximum atomic E-state index is 6.24. The quantitative estimate of drug-likeness (QED) is 0.565. The molecule has 1 saturated heterocycles. The molecule has 0 amide bonds. The van der Waals surface area contributed by atoms with Gasteiger partial charge in [-0.3, -0.25) is 0 Å². The van der Waals surface area contributed by atoms with Crippen LogP contribution in [0, 0.1) is 0 Å². The summed E-state index contributed by atoms with van der Waals surface area (Å²) >= 11 is 0. The normalized spacial score (nSPS) is 19.1. The highest BCUT2D eigenvalue weighted by Crippen LogP contribution is 2.38. The Morgan fingerprint density at radius 2 is 1.76 bits per heavy atom. The molecule has 7 heteroatoms. The molecule has 3 heterocycles. The fourth-order valence-corrected chi connectivity index (χ4v) is 4.23. The number of benzene rings is 1. The second kappa shape index (κ2) is 12.5. The topological polar surface area (TPSA) is 28.6 Å². The predicted molar refractivity (Wildman–Crippen MR) is 128 cm³/mol. The summed E-state index contributed by atoms with van der Waals surface area (Å²) in [4.78, 5) is 9.79. The lowest BCUT2D eigenvalue weighted by atomic mass is 10.0. The number of nitrogens with zero attached hydrogens (tertiary/aromatic N) is 3. The molecular formula is C22H32Cl3N3O. The average Bonchev–Trinajstić information content (AvgIpc) is 3.20. The second-order valence-corrected chi connectivity index (χ2v) is 7.44. The molecule has 1 aromatic carbocycles. The van der Waals surface area contributed by atoms with Crippen LogP contribution in [0.2, 0.25) is 0 Å². The smallest absolute Gasteiger partial charge is 0.172 e. The molecule has 2 aliphatic heterocycles. The summed E-state index contributed by atoms with van der Waals surface area (Å²) < 4.78 is 6.24. The Morgan fingerprint density at radius 1 is 1.03 bits per heavy atom. The van der Waals surface area contributed by atoms with Gasteiger partial charge in [-0.15, -0.1) is 37.2 Å². The van der Waals surface area contributed by atoms with Crippen molar-refractivity contribution in [1.82, 2.24) is 9.88 Å². The number of halogens is 3. The monoisotopic (exact) mass is 459 g/mol. The standard InChI is InChI=1S/C22H29N3O.3ClH/c1-2-9-19-16-25(22-21(26-19)12-8-13-23-22)20(17-24-14-6-7-15-24)18-10-4-3-5-11-18;;;/h3-5,8,10-13,19-20H,2,6-7,9,14-17H2,1H3;3*1H. The Kier molecular flexibility index (Phi) is 11.1. The summed E-state index contributed by atoms with van der Waals surface area (Å²) in [6.07, 6.45) is 6.97. The van der Waals surface area contributed by atoms with Gasteiger partial charge >= 0.3 is 0 Å². The lowest BCUT2D eigenvalue weighted by Crippen LogP contribution is -2.46. The van der Waals surface area contributed by atoms with Crippen molar-refractivity contribution in [2.45, 2.75) is 44.8 Å². The van der Waals surface area contributed by atoms with Crippen molar-refractivity contribution in [3.63, 3.8) is 0 Å². The van der Waals surface area contributed by atoms with E-state index in [0.717, 1.165) is 37.5 Å². The third-order valence-corrected chi connectivity index (χ3v) is 5.52. The van der Waals surface area contributed by atoms with Crippen LogP contribution in [0.4, 0.5) is 5.82 Å². The van der Waals surface area contributed by atoms with E-state index in [4.69, 9.17) is 9.72 Å². The van der Waals surface area contributed by atoms with Gasteiger partial charge in [0, 0.05) is 12.7 Å². The fourth-order valence-electron chi connectivity index (χ4n) is 4.23. The number of hydrogen-bond donors (Lipinski definition) is 0. The zero-order valence-electron chi connectivity index (χ0n) is 16.9. The molecule has 0 spiro atoms. The van der Waals surface area contributed by atoms with Crippen LogP contribution in [-0.4, -0.2) is 42.2 Å². The van der Waals surface area contributed by atoms with Crippen molar-refractivity contribution in [3.8, 4) is 5.75 Å². The van der Waals surface area contributed by atoms with Crippen LogP contribution in [-0.2, 0) is 0 Å². The van der Waals surface area contributed by atoms with E-state index in [1.807, 2.05) is 12.3 Å². The number of likely N-dealkylation sites (tertiary alicyclic amines) is 1. The minimum absolute atomic E-state index is 0. The minimum Gasteiger partial charge on any atom is -0.485 e. The Bertz CT molecular complexity index is 713. The molecule has 2 aromatic rings. The largest absolute Gasteiger partial charge is 0.485 e. The van der Waals surface area contributed by atoms with E-state index in [1.165, 1.54) is 31.5 Å². The molecule has 0 N–H and O–H groups in total. The Morgan fingerprint density at radius 3 is 2.45 bits per heavy atom. The zero-order chi connectivity index (χ0) is 17.8. The van der Waals surface area contributed by atoms with Crippen molar-refractivity contribution >= 4 is 43.0 Å². The molecule has 0 saturated carbocycles. The molecule has 0 aliphatic carbocycles. The first-order valence-corrected chi connectivity index (χ1v) is 10.0. The molecule has 29 heavy (non-hydrogen) atoms. The van der Waals surface area contributed by atoms with Crippen LogP contribution in [0.5, 0.6) is 5.75 Å². The van der Waals surface area contributed by atoms with Crippen LogP contribution < -0.4 is 9.64 Å². The summed E-state index contributed by atoms with van der Waals surface area (Å²) in [5.74, 6) is 1.92. The third-order valence-electron chi connectivity index (χ3n) is 5.52. The number of fused-ring (bicyclic) bond motifs is 1. The Labute approximate surface area is 193 Å². The number of ether oxygens (including phenoxy) is 1. The van der Waals surface area contributed by atoms with Gasteiger partial charge in [-0.2, -0.15) is 0 Å². The number of anilines is 1. The molecular weight excluding hydrogens is 429 g/mol. The van der Waals surface area contributed by atoms with Crippen molar-refractivity contribution < 1.29 is 4.74 Å². The average molecular weight is 461 g/mol. The number of rotatable bonds is 6. The number of hydrogen-bond acceptors (Lipinski definition) is 4. The van der Waals surface area contributed by atoms with Crippen LogP contribution >= 0.6 is 37.2 Å². The Hall–Kier alpha value is -1.20. The van der Waals surface area contributed by atoms with E-state index in [9.17, 15) is 0 Å². The van der Waals surface area contributed by atoms with Crippen molar-refractivity contribution in [2.24, 2.45) is 0 Å². The molecule has 0 bridgehead atoms. The van der Waals surface area contributed by atoms with E-state index in [2.05, 4.69) is 53.1 Å². The van der Waals surface area contributed by atoms with Gasteiger partial charge in [-0.1, -0.05) is 43.7 Å². The summed E-state index contributed by atoms with van der Waals surface area (Å²) in [5, 5.41) is 0. The van der Waals surface area contributed by atoms with Gasteiger partial charge < -0.3 is 14.5 Å². The maximum absolute atomic E-state index is 6.24. The first kappa shape index (κ1) is 25.8. The molecule has 4 rings (SSSR count). The van der Waals surface area contributed by atoms with E-state index in [-0.39, 0.29) is 43.3 Å². The highest BCUT2D eigenvalue weighted by molar-refractivity contribution is 5.86. The predicted octanol–water partition coefficient (Wildman–Crippen LogP) is 5.55. The van der Waals surface area contributed by atoms with Crippen molar-refractivity contribution in [1.29, 1.82) is 0 Å². The van der Waals surface area contributed by atoms with Gasteiger partial charge in [0.2, 0.25) is 0 Å². The fraction of sp³-hybridized carbons (Fsp3) is 0.500. The van der Waals surface area contributed by atoms with E-state index >= 15 is 0 Å². The number of pyridine rings is 1. The summed E-state index contributed by atoms with van der Waals surface area (Å²) in [7, 11) is 0. The van der Waals surface area contributed by atoms with E-state index < -0.39 is 0 Å². The molecule has 2 aliphatic rings. The molecule has 4 nitrogen and oxygen atoms in total. The number of aromatic nitrogens is 1. The van der Waals surface area contributed by atoms with Gasteiger partial charge in [0.05, 0.1) is 12.6 Å². The van der Waals surface area contributed by atoms with Crippen LogP contribution in [0.25, 0.3) is 0 Å². The van der Waals surface area contributed by atoms with E-state index in [1.54, 1.807) is 0 Å². The minimum atomic E-state index is 0. The van der Waals surface area contributed by atoms with E-state index in [0.29, 0.717) is 6.04 Å². The Balaban J connectivity index is 0.00000140. The molecule has 162 valence electrons. The lowest BCUT2D eigenvalue weighted by molar-refractivity contribution is 0.172. The third kappa shape index (κ3) is 6.14. The summed E-state index contributed by atoms with van der Waals surface area (Å²) in [6.45, 7) is 6.61. The van der Waals surface area contributed by atoms with Crippen molar-refractivity contribution in [3.05, 3.63) is 54.2 Å². The van der Waals surface area contributed by atoms with Gasteiger partial charge in [-0.25, -0.2) is 4.98 Å². The molecule has 1 aromatic heterocycles. The summed E-state index contributed by atoms with van der Waals surface area (Å²) in [6, 6.07) is 15.3. The maximum Gasteiger partial charge on any atom is 0.172 e. The first-order chi connectivity index (χ1) is 12.8. The van der Waals surface area contributed by atoms with Crippen LogP contribution in [0.15, 0.2) is 48.7 Å². The molecule has 0 radical (unpaired) electrons. The summed E-state index contributed by atoms with van der Waals surface area (Å²) in [5.41, 5.74) is 1.37.